The molecule has 1 atom stereocenters. The van der Waals surface area contributed by atoms with Crippen LogP contribution in [0.5, 0.6) is 0 Å². The van der Waals surface area contributed by atoms with Gasteiger partial charge in [0, 0.05) is 24.8 Å². The number of amides is 1. The molecule has 0 saturated carbocycles. The van der Waals surface area contributed by atoms with E-state index in [1.165, 1.54) is 17.3 Å². The van der Waals surface area contributed by atoms with Crippen molar-refractivity contribution in [2.24, 2.45) is 5.73 Å². The second kappa shape index (κ2) is 8.88. The fraction of sp³-hybridized carbons (Fsp3) is 0.389. The Labute approximate surface area is 167 Å². The molecule has 0 radical (unpaired) electrons. The van der Waals surface area contributed by atoms with Gasteiger partial charge >= 0.3 is 0 Å². The third-order valence-electron chi connectivity index (χ3n) is 4.38. The molecule has 3 rings (SSSR count). The number of hydrogen-bond donors (Lipinski definition) is 2. The van der Waals surface area contributed by atoms with Gasteiger partial charge in [-0.25, -0.2) is 9.97 Å². The van der Waals surface area contributed by atoms with Crippen LogP contribution in [0, 0.1) is 13.8 Å². The van der Waals surface area contributed by atoms with Crippen molar-refractivity contribution in [3.05, 3.63) is 40.5 Å². The van der Waals surface area contributed by atoms with E-state index in [0.717, 1.165) is 11.3 Å². The van der Waals surface area contributed by atoms with Gasteiger partial charge in [0.1, 0.15) is 16.3 Å². The maximum Gasteiger partial charge on any atom is 0.245 e. The second-order valence-electron chi connectivity index (χ2n) is 6.25. The first-order valence-corrected chi connectivity index (χ1v) is 9.85. The van der Waals surface area contributed by atoms with E-state index >= 15 is 0 Å². The summed E-state index contributed by atoms with van der Waals surface area (Å²) in [6, 6.07) is 7.66. The molecule has 144 valence electrons. The molecule has 1 amide bonds. The molecule has 1 aromatic heterocycles. The Kier molecular flexibility index (Phi) is 6.54. The number of halogens is 1. The van der Waals surface area contributed by atoms with E-state index in [9.17, 15) is 4.79 Å². The van der Waals surface area contributed by atoms with Crippen LogP contribution in [0.4, 0.5) is 11.5 Å². The first-order valence-electron chi connectivity index (χ1n) is 8.59. The molecule has 1 aliphatic rings. The summed E-state index contributed by atoms with van der Waals surface area (Å²) in [5, 5.41) is 3.40. The van der Waals surface area contributed by atoms with Crippen LogP contribution in [-0.4, -0.2) is 52.5 Å². The lowest BCUT2D eigenvalue weighted by molar-refractivity contribution is -0.121. The number of aryl methyl sites for hydroxylation is 1. The minimum atomic E-state index is -0.569. The van der Waals surface area contributed by atoms with E-state index in [4.69, 9.17) is 22.1 Å². The Hall–Kier alpha value is -1.87. The summed E-state index contributed by atoms with van der Waals surface area (Å²) in [6.07, 6.45) is 0. The summed E-state index contributed by atoms with van der Waals surface area (Å²) in [6.45, 7) is 6.50. The molecule has 0 spiro atoms. The van der Waals surface area contributed by atoms with E-state index < -0.39 is 11.3 Å². The van der Waals surface area contributed by atoms with Gasteiger partial charge in [0.05, 0.1) is 13.2 Å². The van der Waals surface area contributed by atoms with Crippen molar-refractivity contribution in [2.45, 2.75) is 24.4 Å². The van der Waals surface area contributed by atoms with Crippen molar-refractivity contribution in [3.63, 3.8) is 0 Å². The van der Waals surface area contributed by atoms with Crippen molar-refractivity contribution in [3.8, 4) is 0 Å². The van der Waals surface area contributed by atoms with Crippen molar-refractivity contribution in [1.82, 2.24) is 14.9 Å². The molecular formula is C18H22ClN5O2S. The van der Waals surface area contributed by atoms with Crippen molar-refractivity contribution < 1.29 is 9.53 Å². The Balaban J connectivity index is 1.81. The van der Waals surface area contributed by atoms with Crippen LogP contribution >= 0.6 is 23.4 Å². The van der Waals surface area contributed by atoms with Crippen LogP contribution in [0.15, 0.2) is 29.4 Å². The number of carbonyl (C=O) groups excluding carboxylic acids is 1. The van der Waals surface area contributed by atoms with Crippen LogP contribution in [0.3, 0.4) is 0 Å². The van der Waals surface area contributed by atoms with Crippen LogP contribution in [0.25, 0.3) is 0 Å². The maximum absolute atomic E-state index is 12.0. The first-order chi connectivity index (χ1) is 12.9. The van der Waals surface area contributed by atoms with E-state index in [-0.39, 0.29) is 0 Å². The molecule has 2 aromatic rings. The lowest BCUT2D eigenvalue weighted by Gasteiger charge is -2.31. The minimum absolute atomic E-state index is 0.297. The molecular weight excluding hydrogens is 386 g/mol. The lowest BCUT2D eigenvalue weighted by atomic mass is 10.1. The zero-order valence-corrected chi connectivity index (χ0v) is 16.8. The number of primary amides is 1. The van der Waals surface area contributed by atoms with E-state index in [1.54, 1.807) is 6.07 Å². The Morgan fingerprint density at radius 3 is 2.78 bits per heavy atom. The maximum atomic E-state index is 12.0. The zero-order chi connectivity index (χ0) is 19.4. The molecule has 27 heavy (non-hydrogen) atoms. The van der Waals surface area contributed by atoms with E-state index in [2.05, 4.69) is 28.3 Å². The van der Waals surface area contributed by atoms with Gasteiger partial charge in [0.2, 0.25) is 5.91 Å². The minimum Gasteiger partial charge on any atom is -0.379 e. The predicted molar refractivity (Wildman–Crippen MR) is 107 cm³/mol. The molecule has 0 aliphatic carbocycles. The van der Waals surface area contributed by atoms with Gasteiger partial charge in [-0.15, -0.1) is 0 Å². The number of ether oxygens (including phenoxy) is 1. The van der Waals surface area contributed by atoms with Gasteiger partial charge in [-0.3, -0.25) is 9.69 Å². The van der Waals surface area contributed by atoms with E-state index in [0.29, 0.717) is 42.4 Å². The highest BCUT2D eigenvalue weighted by molar-refractivity contribution is 8.00. The molecule has 1 unspecified atom stereocenters. The molecule has 3 N–H and O–H groups in total. The Bertz CT molecular complexity index is 829. The van der Waals surface area contributed by atoms with Crippen LogP contribution < -0.4 is 11.1 Å². The highest BCUT2D eigenvalue weighted by Gasteiger charge is 2.28. The number of nitrogens with one attached hydrogen (secondary N) is 1. The third kappa shape index (κ3) is 5.10. The lowest BCUT2D eigenvalue weighted by Crippen LogP contribution is -2.48. The van der Waals surface area contributed by atoms with Crippen molar-refractivity contribution >= 4 is 40.8 Å². The fourth-order valence-electron chi connectivity index (χ4n) is 2.76. The monoisotopic (exact) mass is 407 g/mol. The average molecular weight is 408 g/mol. The number of anilines is 2. The molecule has 2 heterocycles. The Morgan fingerprint density at radius 1 is 1.33 bits per heavy atom. The second-order valence-corrected chi connectivity index (χ2v) is 7.69. The highest BCUT2D eigenvalue weighted by atomic mass is 35.5. The molecule has 9 heteroatoms. The molecule has 1 fully saturated rings. The number of aromatic nitrogens is 2. The van der Waals surface area contributed by atoms with Gasteiger partial charge < -0.3 is 15.8 Å². The molecule has 0 bridgehead atoms. The Morgan fingerprint density at radius 2 is 2.07 bits per heavy atom. The summed E-state index contributed by atoms with van der Waals surface area (Å²) in [5.41, 5.74) is 8.86. The standard InChI is InChI=1S/C18H22ClN5O2S/c1-11-4-3-5-13(12(11)2)21-15-10-14(19)22-18(23-15)27-17(16(20)25)24-6-8-26-9-7-24/h3-5,10,17H,6-9H2,1-2H3,(H2,20,25)(H,21,22,23). The third-order valence-corrected chi connectivity index (χ3v) is 5.72. The van der Waals surface area contributed by atoms with Crippen molar-refractivity contribution in [1.29, 1.82) is 0 Å². The number of nitrogens with two attached hydrogens (primary N) is 1. The summed E-state index contributed by atoms with van der Waals surface area (Å²) in [7, 11) is 0. The number of benzene rings is 1. The molecule has 1 aromatic carbocycles. The zero-order valence-electron chi connectivity index (χ0n) is 15.2. The fourth-order valence-corrected chi connectivity index (χ4v) is 3.97. The number of thioether (sulfide) groups is 1. The summed E-state index contributed by atoms with van der Waals surface area (Å²) >= 11 is 7.38. The number of nitrogens with zero attached hydrogens (tertiary/aromatic N) is 3. The smallest absolute Gasteiger partial charge is 0.245 e. The van der Waals surface area contributed by atoms with Crippen LogP contribution in [0.2, 0.25) is 5.15 Å². The summed E-state index contributed by atoms with van der Waals surface area (Å²) in [4.78, 5) is 22.7. The molecule has 7 nitrogen and oxygen atoms in total. The van der Waals surface area contributed by atoms with Crippen molar-refractivity contribution in [2.75, 3.05) is 31.6 Å². The number of rotatable bonds is 6. The summed E-state index contributed by atoms with van der Waals surface area (Å²) in [5.74, 6) is 0.130. The van der Waals surface area contributed by atoms with Crippen LogP contribution in [0.1, 0.15) is 11.1 Å². The topological polar surface area (TPSA) is 93.4 Å². The number of hydrogen-bond acceptors (Lipinski definition) is 7. The van der Waals surface area contributed by atoms with Gasteiger partial charge in [0.25, 0.3) is 0 Å². The number of carbonyl (C=O) groups is 1. The molecule has 1 saturated heterocycles. The highest BCUT2D eigenvalue weighted by Crippen LogP contribution is 2.28. The quantitative estimate of drug-likeness (QED) is 0.432. The van der Waals surface area contributed by atoms with Gasteiger partial charge in [0.15, 0.2) is 5.16 Å². The molecule has 1 aliphatic heterocycles. The van der Waals surface area contributed by atoms with Gasteiger partial charge in [-0.05, 0) is 31.0 Å². The van der Waals surface area contributed by atoms with Gasteiger partial charge in [-0.2, -0.15) is 0 Å². The van der Waals surface area contributed by atoms with Gasteiger partial charge in [-0.1, -0.05) is 35.5 Å². The first kappa shape index (κ1) is 19.9. The van der Waals surface area contributed by atoms with Crippen LogP contribution in [-0.2, 0) is 9.53 Å². The average Bonchev–Trinajstić information content (AvgIpc) is 2.63. The SMILES string of the molecule is Cc1cccc(Nc2cc(Cl)nc(SC(C(N)=O)N3CCOCC3)n2)c1C. The predicted octanol–water partition coefficient (Wildman–Crippen LogP) is 2.73. The summed E-state index contributed by atoms with van der Waals surface area (Å²) < 4.78 is 5.34. The van der Waals surface area contributed by atoms with E-state index in [1.807, 2.05) is 24.0 Å². The number of morpholine rings is 1. The normalized spacial score (nSPS) is 16.1. The largest absolute Gasteiger partial charge is 0.379 e.